The minimum Gasteiger partial charge on any atom is -0.396 e. The van der Waals surface area contributed by atoms with Gasteiger partial charge in [-0.1, -0.05) is 17.9 Å². The van der Waals surface area contributed by atoms with E-state index in [2.05, 4.69) is 23.6 Å². The molecule has 66 valence electrons. The van der Waals surface area contributed by atoms with E-state index in [1.807, 2.05) is 6.08 Å². The number of rotatable bonds is 4. The summed E-state index contributed by atoms with van der Waals surface area (Å²) in [7, 11) is 0. The Balaban J connectivity index is 2.80. The van der Waals surface area contributed by atoms with Crippen LogP contribution >= 0.6 is 11.3 Å². The summed E-state index contributed by atoms with van der Waals surface area (Å²) in [5, 5.41) is 8.76. The van der Waals surface area contributed by atoms with Crippen molar-refractivity contribution in [3.63, 3.8) is 0 Å². The van der Waals surface area contributed by atoms with Crippen LogP contribution in [0, 0.1) is 6.92 Å². The quantitative estimate of drug-likeness (QED) is 0.549. The van der Waals surface area contributed by atoms with E-state index in [1.165, 1.54) is 10.6 Å². The first-order valence-corrected chi connectivity index (χ1v) is 4.85. The second kappa shape index (κ2) is 4.38. The predicted octanol–water partition coefficient (Wildman–Crippen LogP) is 1.06. The van der Waals surface area contributed by atoms with Gasteiger partial charge in [0.15, 0.2) is 12.2 Å². The summed E-state index contributed by atoms with van der Waals surface area (Å²) in [6.45, 7) is 6.85. The molecule has 0 radical (unpaired) electrons. The van der Waals surface area contributed by atoms with Crippen molar-refractivity contribution >= 4 is 11.3 Å². The third kappa shape index (κ3) is 1.93. The summed E-state index contributed by atoms with van der Waals surface area (Å²) < 4.78 is 2.14. The van der Waals surface area contributed by atoms with Gasteiger partial charge in [0.05, 0.1) is 4.88 Å². The van der Waals surface area contributed by atoms with Gasteiger partial charge in [0, 0.05) is 20.0 Å². The van der Waals surface area contributed by atoms with Gasteiger partial charge in [-0.3, -0.25) is 0 Å². The Hall–Kier alpha value is -0.670. The predicted molar refractivity (Wildman–Crippen MR) is 50.2 cm³/mol. The van der Waals surface area contributed by atoms with Crippen LogP contribution in [0.1, 0.15) is 10.6 Å². The molecule has 1 aromatic heterocycles. The summed E-state index contributed by atoms with van der Waals surface area (Å²) >= 11 is 1.70. The molecule has 12 heavy (non-hydrogen) atoms. The summed E-state index contributed by atoms with van der Waals surface area (Å²) in [4.78, 5) is 1.26. The normalized spacial score (nSPS) is 10.2. The van der Waals surface area contributed by atoms with Gasteiger partial charge in [-0.15, -0.1) is 0 Å². The molecule has 0 saturated carbocycles. The summed E-state index contributed by atoms with van der Waals surface area (Å²) in [5.41, 5.74) is 3.32. The Labute approximate surface area is 76.8 Å². The van der Waals surface area contributed by atoms with Crippen LogP contribution < -0.4 is 4.57 Å². The second-order valence-electron chi connectivity index (χ2n) is 2.65. The van der Waals surface area contributed by atoms with Gasteiger partial charge in [0.1, 0.15) is 0 Å². The fraction of sp³-hybridized carbons (Fsp3) is 0.444. The highest BCUT2D eigenvalue weighted by Gasteiger charge is 2.12. The zero-order chi connectivity index (χ0) is 8.97. The van der Waals surface area contributed by atoms with Gasteiger partial charge in [-0.25, -0.2) is 0 Å². The molecule has 0 atom stereocenters. The van der Waals surface area contributed by atoms with Gasteiger partial charge in [0.25, 0.3) is 0 Å². The maximum atomic E-state index is 8.76. The van der Waals surface area contributed by atoms with Crippen molar-refractivity contribution in [1.82, 2.24) is 0 Å². The number of hydrogen-bond donors (Lipinski definition) is 1. The van der Waals surface area contributed by atoms with Crippen molar-refractivity contribution in [2.75, 3.05) is 6.61 Å². The van der Waals surface area contributed by atoms with E-state index in [-0.39, 0.29) is 6.61 Å². The fourth-order valence-electron chi connectivity index (χ4n) is 1.11. The number of allylic oxidation sites excluding steroid dienone is 1. The Bertz CT molecular complexity index is 267. The lowest BCUT2D eigenvalue weighted by Crippen LogP contribution is -2.33. The third-order valence-electron chi connectivity index (χ3n) is 1.82. The van der Waals surface area contributed by atoms with Crippen LogP contribution in [0.4, 0.5) is 0 Å². The lowest BCUT2D eigenvalue weighted by molar-refractivity contribution is -0.688. The van der Waals surface area contributed by atoms with Gasteiger partial charge < -0.3 is 5.11 Å². The molecule has 0 fully saturated rings. The van der Waals surface area contributed by atoms with Gasteiger partial charge >= 0.3 is 0 Å². The topological polar surface area (TPSA) is 24.1 Å². The largest absolute Gasteiger partial charge is 0.396 e. The van der Waals surface area contributed by atoms with Crippen molar-refractivity contribution in [1.29, 1.82) is 0 Å². The van der Waals surface area contributed by atoms with Crippen molar-refractivity contribution in [2.45, 2.75) is 19.9 Å². The molecule has 1 heterocycles. The molecule has 0 aromatic carbocycles. The molecular weight excluding hydrogens is 170 g/mol. The van der Waals surface area contributed by atoms with Crippen LogP contribution in [0.5, 0.6) is 0 Å². The molecule has 0 spiro atoms. The Kier molecular flexibility index (Phi) is 3.44. The Morgan fingerprint density at radius 3 is 3.08 bits per heavy atom. The minimum atomic E-state index is 0.232. The van der Waals surface area contributed by atoms with E-state index < -0.39 is 0 Å². The highest BCUT2D eigenvalue weighted by molar-refractivity contribution is 7.09. The lowest BCUT2D eigenvalue weighted by atomic mass is 10.3. The molecule has 1 rings (SSSR count). The molecule has 1 aromatic rings. The molecule has 0 aliphatic heterocycles. The van der Waals surface area contributed by atoms with Crippen LogP contribution in [-0.4, -0.2) is 11.7 Å². The molecule has 0 aliphatic carbocycles. The maximum absolute atomic E-state index is 8.76. The molecular formula is C9H14NOS+. The monoisotopic (exact) mass is 184 g/mol. The zero-order valence-electron chi connectivity index (χ0n) is 7.29. The highest BCUT2D eigenvalue weighted by atomic mass is 32.1. The van der Waals surface area contributed by atoms with E-state index in [0.29, 0.717) is 0 Å². The number of aliphatic hydroxyl groups excluding tert-OH is 1. The summed E-state index contributed by atoms with van der Waals surface area (Å²) in [5.74, 6) is 0. The second-order valence-corrected chi connectivity index (χ2v) is 3.59. The third-order valence-corrected chi connectivity index (χ3v) is 2.97. The van der Waals surface area contributed by atoms with Gasteiger partial charge in [0.2, 0.25) is 5.51 Å². The summed E-state index contributed by atoms with van der Waals surface area (Å²) in [6, 6.07) is 0. The van der Waals surface area contributed by atoms with Crippen LogP contribution in [0.25, 0.3) is 0 Å². The Morgan fingerprint density at radius 2 is 2.50 bits per heavy atom. The molecule has 2 nitrogen and oxygen atoms in total. The average Bonchev–Trinajstić information content (AvgIpc) is 2.38. The molecule has 3 heteroatoms. The fourth-order valence-corrected chi connectivity index (χ4v) is 2.11. The van der Waals surface area contributed by atoms with E-state index in [4.69, 9.17) is 5.11 Å². The average molecular weight is 184 g/mol. The highest BCUT2D eigenvalue weighted by Crippen LogP contribution is 2.10. The number of nitrogens with zero attached hydrogens (tertiary/aromatic N) is 1. The summed E-state index contributed by atoms with van der Waals surface area (Å²) in [6.07, 6.45) is 2.64. The minimum absolute atomic E-state index is 0.232. The van der Waals surface area contributed by atoms with Crippen molar-refractivity contribution in [3.8, 4) is 0 Å². The SMILES string of the molecule is C=CC[n+]1csc(CCO)c1C. The van der Waals surface area contributed by atoms with Crippen LogP contribution in [-0.2, 0) is 13.0 Å². The molecule has 0 saturated heterocycles. The van der Waals surface area contributed by atoms with Gasteiger partial charge in [-0.05, 0) is 6.08 Å². The van der Waals surface area contributed by atoms with Crippen LogP contribution in [0.15, 0.2) is 18.2 Å². The van der Waals surface area contributed by atoms with E-state index in [9.17, 15) is 0 Å². The standard InChI is InChI=1S/C9H14NOS/c1-3-5-10-7-12-9(4-6-11)8(10)2/h3,7,11H,1,4-6H2,2H3/q+1. The Morgan fingerprint density at radius 1 is 1.75 bits per heavy atom. The first kappa shape index (κ1) is 9.42. The van der Waals surface area contributed by atoms with Crippen molar-refractivity contribution in [3.05, 3.63) is 28.7 Å². The zero-order valence-corrected chi connectivity index (χ0v) is 8.10. The molecule has 0 amide bonds. The molecule has 0 aliphatic rings. The first-order valence-electron chi connectivity index (χ1n) is 3.97. The van der Waals surface area contributed by atoms with Crippen molar-refractivity contribution in [2.24, 2.45) is 0 Å². The van der Waals surface area contributed by atoms with E-state index >= 15 is 0 Å². The molecule has 1 N–H and O–H groups in total. The van der Waals surface area contributed by atoms with Crippen molar-refractivity contribution < 1.29 is 9.67 Å². The van der Waals surface area contributed by atoms with E-state index in [1.54, 1.807) is 11.3 Å². The van der Waals surface area contributed by atoms with Crippen LogP contribution in [0.3, 0.4) is 0 Å². The number of aliphatic hydroxyl groups is 1. The first-order chi connectivity index (χ1) is 5.79. The van der Waals surface area contributed by atoms with E-state index in [0.717, 1.165) is 13.0 Å². The number of thiazole rings is 1. The maximum Gasteiger partial charge on any atom is 0.225 e. The molecule has 0 unspecified atom stereocenters. The lowest BCUT2D eigenvalue weighted by Gasteiger charge is -1.91. The number of aromatic nitrogens is 1. The van der Waals surface area contributed by atoms with Gasteiger partial charge in [-0.2, -0.15) is 4.57 Å². The molecule has 0 bridgehead atoms. The van der Waals surface area contributed by atoms with Crippen LogP contribution in [0.2, 0.25) is 0 Å². The number of hydrogen-bond acceptors (Lipinski definition) is 2. The smallest absolute Gasteiger partial charge is 0.225 e.